The van der Waals surface area contributed by atoms with Gasteiger partial charge in [-0.15, -0.1) is 11.8 Å². The number of hydrogen-bond acceptors (Lipinski definition) is 5. The highest BCUT2D eigenvalue weighted by molar-refractivity contribution is 7.98. The van der Waals surface area contributed by atoms with Gasteiger partial charge in [-0.3, -0.25) is 4.79 Å². The first kappa shape index (κ1) is 21.0. The summed E-state index contributed by atoms with van der Waals surface area (Å²) in [7, 11) is 1.59. The van der Waals surface area contributed by atoms with Crippen LogP contribution in [0.25, 0.3) is 6.08 Å². The number of nitrogens with one attached hydrogen (secondary N) is 1. The third-order valence-electron chi connectivity index (χ3n) is 4.04. The molecule has 0 aliphatic heterocycles. The van der Waals surface area contributed by atoms with Gasteiger partial charge in [0, 0.05) is 10.6 Å². The summed E-state index contributed by atoms with van der Waals surface area (Å²) in [6, 6.07) is 15.5. The van der Waals surface area contributed by atoms with E-state index in [1.165, 1.54) is 5.56 Å². The van der Waals surface area contributed by atoms with Crippen LogP contribution in [0.1, 0.15) is 18.1 Å². The fourth-order valence-corrected chi connectivity index (χ4v) is 4.39. The number of thiophene rings is 1. The van der Waals surface area contributed by atoms with Gasteiger partial charge in [0.2, 0.25) is 0 Å². The van der Waals surface area contributed by atoms with E-state index < -0.39 is 0 Å². The monoisotopic (exact) mass is 425 g/mol. The molecule has 1 N–H and O–H groups in total. The van der Waals surface area contributed by atoms with Crippen molar-refractivity contribution in [2.24, 2.45) is 0 Å². The third kappa shape index (κ3) is 6.14. The Kier molecular flexibility index (Phi) is 7.78. The first-order valence-corrected chi connectivity index (χ1v) is 11.1. The van der Waals surface area contributed by atoms with Crippen molar-refractivity contribution >= 4 is 40.8 Å². The van der Waals surface area contributed by atoms with Gasteiger partial charge in [0.05, 0.1) is 12.8 Å². The van der Waals surface area contributed by atoms with Crippen LogP contribution in [-0.4, -0.2) is 19.6 Å². The number of hydrogen-bond donors (Lipinski definition) is 1. The average molecular weight is 426 g/mol. The predicted octanol–water partition coefficient (Wildman–Crippen LogP) is 6.10. The van der Waals surface area contributed by atoms with Gasteiger partial charge in [0.1, 0.15) is 0 Å². The summed E-state index contributed by atoms with van der Waals surface area (Å²) < 4.78 is 11.1. The molecule has 0 saturated heterocycles. The van der Waals surface area contributed by atoms with Crippen LogP contribution >= 0.6 is 23.1 Å². The second-order valence-corrected chi connectivity index (χ2v) is 7.96. The van der Waals surface area contributed by atoms with Crippen molar-refractivity contribution in [1.29, 1.82) is 0 Å². The number of para-hydroxylation sites is 1. The first-order valence-electron chi connectivity index (χ1n) is 9.16. The van der Waals surface area contributed by atoms with Crippen LogP contribution in [0.3, 0.4) is 0 Å². The van der Waals surface area contributed by atoms with Crippen molar-refractivity contribution < 1.29 is 14.3 Å². The van der Waals surface area contributed by atoms with Gasteiger partial charge in [-0.2, -0.15) is 11.3 Å². The lowest BCUT2D eigenvalue weighted by atomic mass is 10.2. The molecule has 6 heteroatoms. The quantitative estimate of drug-likeness (QED) is 0.421. The minimum absolute atomic E-state index is 0.0944. The maximum absolute atomic E-state index is 12.4. The Labute approximate surface area is 179 Å². The van der Waals surface area contributed by atoms with Gasteiger partial charge in [-0.1, -0.05) is 30.4 Å². The van der Waals surface area contributed by atoms with E-state index in [0.717, 1.165) is 21.9 Å². The lowest BCUT2D eigenvalue weighted by Gasteiger charge is -2.13. The van der Waals surface area contributed by atoms with E-state index in [1.54, 1.807) is 30.2 Å². The molecule has 3 rings (SSSR count). The average Bonchev–Trinajstić information content (AvgIpc) is 3.26. The van der Waals surface area contributed by atoms with Crippen LogP contribution in [0.4, 0.5) is 5.69 Å². The fraction of sp³-hybridized carbons (Fsp3) is 0.174. The number of carbonyl (C=O) groups is 1. The summed E-state index contributed by atoms with van der Waals surface area (Å²) in [6.07, 6.45) is 3.93. The lowest BCUT2D eigenvalue weighted by Crippen LogP contribution is -2.20. The molecule has 0 unspecified atom stereocenters. The van der Waals surface area contributed by atoms with Gasteiger partial charge >= 0.3 is 0 Å². The molecule has 29 heavy (non-hydrogen) atoms. The minimum atomic E-state index is -0.215. The van der Waals surface area contributed by atoms with Crippen molar-refractivity contribution in [2.45, 2.75) is 17.6 Å². The zero-order chi connectivity index (χ0) is 20.5. The highest BCUT2D eigenvalue weighted by Crippen LogP contribution is 2.31. The smallest absolute Gasteiger partial charge is 0.262 e. The number of carbonyl (C=O) groups excluding carboxylic acids is 1. The Hall–Kier alpha value is -2.70. The summed E-state index contributed by atoms with van der Waals surface area (Å²) in [6.45, 7) is 1.86. The summed E-state index contributed by atoms with van der Waals surface area (Å²) in [5, 5.41) is 7.15. The molecule has 0 radical (unpaired) electrons. The van der Waals surface area contributed by atoms with Crippen molar-refractivity contribution in [3.05, 3.63) is 76.5 Å². The molecule has 0 aliphatic rings. The van der Waals surface area contributed by atoms with Crippen LogP contribution in [0, 0.1) is 0 Å². The van der Waals surface area contributed by atoms with Gasteiger partial charge in [-0.05, 0) is 59.1 Å². The number of anilines is 1. The second kappa shape index (κ2) is 10.7. The molecule has 2 aromatic carbocycles. The zero-order valence-electron chi connectivity index (χ0n) is 16.4. The van der Waals surface area contributed by atoms with Crippen LogP contribution in [0.2, 0.25) is 0 Å². The SMILES string of the molecule is C/C=C/c1ccc(OCC(=O)Nc2ccccc2SCc2ccsc2)c(OC)c1. The van der Waals surface area contributed by atoms with E-state index in [9.17, 15) is 4.79 Å². The largest absolute Gasteiger partial charge is 0.493 e. The Bertz CT molecular complexity index is 968. The molecule has 0 bridgehead atoms. The van der Waals surface area contributed by atoms with E-state index >= 15 is 0 Å². The molecular weight excluding hydrogens is 402 g/mol. The van der Waals surface area contributed by atoms with Crippen LogP contribution in [0.5, 0.6) is 11.5 Å². The summed E-state index contributed by atoms with van der Waals surface area (Å²) in [4.78, 5) is 13.5. The van der Waals surface area contributed by atoms with E-state index in [0.29, 0.717) is 11.5 Å². The number of benzene rings is 2. The predicted molar refractivity (Wildman–Crippen MR) is 122 cm³/mol. The number of ether oxygens (including phenoxy) is 2. The molecule has 1 heterocycles. The van der Waals surface area contributed by atoms with Crippen molar-refractivity contribution in [1.82, 2.24) is 0 Å². The molecular formula is C23H23NO3S2. The molecule has 1 aromatic heterocycles. The molecule has 0 aliphatic carbocycles. The van der Waals surface area contributed by atoms with Gasteiger partial charge in [-0.25, -0.2) is 0 Å². The molecule has 3 aromatic rings. The Morgan fingerprint density at radius 1 is 1.17 bits per heavy atom. The number of rotatable bonds is 9. The third-order valence-corrected chi connectivity index (χ3v) is 5.92. The van der Waals surface area contributed by atoms with E-state index in [4.69, 9.17) is 9.47 Å². The molecule has 0 atom stereocenters. The standard InChI is InChI=1S/C23H23NO3S2/c1-3-6-17-9-10-20(21(13-17)26-2)27-14-23(25)24-19-7-4-5-8-22(19)29-16-18-11-12-28-15-18/h3-13,15H,14,16H2,1-2H3,(H,24,25)/b6-3+. The van der Waals surface area contributed by atoms with Gasteiger partial charge < -0.3 is 14.8 Å². The van der Waals surface area contributed by atoms with Crippen molar-refractivity contribution in [3.63, 3.8) is 0 Å². The van der Waals surface area contributed by atoms with Crippen LogP contribution in [0.15, 0.2) is 70.3 Å². The van der Waals surface area contributed by atoms with E-state index in [-0.39, 0.29) is 12.5 Å². The molecule has 1 amide bonds. The summed E-state index contributed by atoms with van der Waals surface area (Å²) in [5.41, 5.74) is 3.08. The normalized spacial score (nSPS) is 10.8. The Morgan fingerprint density at radius 2 is 2.03 bits per heavy atom. The minimum Gasteiger partial charge on any atom is -0.493 e. The van der Waals surface area contributed by atoms with Gasteiger partial charge in [0.15, 0.2) is 18.1 Å². The topological polar surface area (TPSA) is 47.6 Å². The molecule has 0 saturated carbocycles. The van der Waals surface area contributed by atoms with Crippen molar-refractivity contribution in [3.8, 4) is 11.5 Å². The lowest BCUT2D eigenvalue weighted by molar-refractivity contribution is -0.118. The zero-order valence-corrected chi connectivity index (χ0v) is 18.0. The number of methoxy groups -OCH3 is 1. The number of thioether (sulfide) groups is 1. The molecule has 150 valence electrons. The van der Waals surface area contributed by atoms with Crippen LogP contribution < -0.4 is 14.8 Å². The summed E-state index contributed by atoms with van der Waals surface area (Å²) in [5.74, 6) is 1.78. The number of amides is 1. The molecule has 0 spiro atoms. The van der Waals surface area contributed by atoms with E-state index in [1.807, 2.05) is 61.5 Å². The highest BCUT2D eigenvalue weighted by Gasteiger charge is 2.11. The maximum atomic E-state index is 12.4. The molecule has 0 fully saturated rings. The Balaban J connectivity index is 1.60. The van der Waals surface area contributed by atoms with Gasteiger partial charge in [0.25, 0.3) is 5.91 Å². The number of allylic oxidation sites excluding steroid dienone is 1. The Morgan fingerprint density at radius 3 is 2.79 bits per heavy atom. The fourth-order valence-electron chi connectivity index (χ4n) is 2.66. The van der Waals surface area contributed by atoms with Crippen LogP contribution in [-0.2, 0) is 10.5 Å². The first-order chi connectivity index (χ1) is 14.2. The second-order valence-electron chi connectivity index (χ2n) is 6.16. The molecule has 4 nitrogen and oxygen atoms in total. The van der Waals surface area contributed by atoms with Crippen molar-refractivity contribution in [2.75, 3.05) is 19.0 Å². The summed E-state index contributed by atoms with van der Waals surface area (Å²) >= 11 is 3.39. The highest BCUT2D eigenvalue weighted by atomic mass is 32.2. The van der Waals surface area contributed by atoms with E-state index in [2.05, 4.69) is 22.1 Å². The maximum Gasteiger partial charge on any atom is 0.262 e.